The van der Waals surface area contributed by atoms with E-state index >= 15 is 0 Å². The lowest BCUT2D eigenvalue weighted by Gasteiger charge is -2.37. The molecule has 3 aliphatic heterocycles. The Balaban J connectivity index is 1.23. The van der Waals surface area contributed by atoms with Gasteiger partial charge in [0.15, 0.2) is 5.88 Å². The molecule has 10 nitrogen and oxygen atoms in total. The van der Waals surface area contributed by atoms with Gasteiger partial charge in [0.25, 0.3) is 0 Å². The highest BCUT2D eigenvalue weighted by molar-refractivity contribution is 6.21. The molecule has 0 saturated carbocycles. The maximum atomic E-state index is 13.3. The number of nitrogens with one attached hydrogen (secondary N) is 2. The number of benzene rings is 2. The summed E-state index contributed by atoms with van der Waals surface area (Å²) in [5.41, 5.74) is 3.20. The van der Waals surface area contributed by atoms with Crippen molar-refractivity contribution in [1.82, 2.24) is 25.0 Å². The van der Waals surface area contributed by atoms with Crippen LogP contribution >= 0.6 is 0 Å². The summed E-state index contributed by atoms with van der Waals surface area (Å²) in [7, 11) is 3.47. The van der Waals surface area contributed by atoms with Crippen LogP contribution in [0.25, 0.3) is 10.9 Å². The number of hydrogen-bond acceptors (Lipinski definition) is 8. The van der Waals surface area contributed by atoms with Gasteiger partial charge in [-0.3, -0.25) is 20.0 Å². The van der Waals surface area contributed by atoms with E-state index in [1.807, 2.05) is 36.4 Å². The molecule has 3 saturated heterocycles. The summed E-state index contributed by atoms with van der Waals surface area (Å²) in [5.74, 6) is -0.210. The average Bonchev–Trinajstić information content (AvgIpc) is 3.56. The Hall–Kier alpha value is -3.73. The molecule has 1 amide bonds. The Morgan fingerprint density at radius 3 is 2.54 bits per heavy atom. The van der Waals surface area contributed by atoms with Crippen molar-refractivity contribution in [2.45, 2.75) is 37.5 Å². The van der Waals surface area contributed by atoms with Crippen LogP contribution in [-0.4, -0.2) is 114 Å². The van der Waals surface area contributed by atoms with Gasteiger partial charge in [-0.05, 0) is 38.4 Å². The number of piperazine rings is 1. The van der Waals surface area contributed by atoms with Gasteiger partial charge in [-0.25, -0.2) is 4.79 Å². The molecule has 3 fully saturated rings. The maximum absolute atomic E-state index is 13.3. The minimum Gasteiger partial charge on any atom is -0.494 e. The third-order valence-electron chi connectivity index (χ3n) is 8.73. The first kappa shape index (κ1) is 27.4. The number of carbonyl (C=O) groups excluding carboxylic acids is 2. The van der Waals surface area contributed by atoms with E-state index in [0.29, 0.717) is 28.9 Å². The van der Waals surface area contributed by atoms with Gasteiger partial charge in [0, 0.05) is 61.3 Å². The maximum Gasteiger partial charge on any atom is 0.337 e. The predicted molar refractivity (Wildman–Crippen MR) is 157 cm³/mol. The predicted octanol–water partition coefficient (Wildman–Crippen LogP) is 2.42. The zero-order valence-electron chi connectivity index (χ0n) is 23.7. The molecule has 6 rings (SSSR count). The number of carbonyl (C=O) groups is 2. The van der Waals surface area contributed by atoms with Crippen molar-refractivity contribution in [2.24, 2.45) is 4.99 Å². The van der Waals surface area contributed by atoms with Crippen molar-refractivity contribution >= 4 is 28.5 Å². The number of aliphatic imine (C=N–C) groups is 1. The van der Waals surface area contributed by atoms with Crippen molar-refractivity contribution in [3.8, 4) is 5.88 Å². The number of fused-ring (bicyclic) bond motifs is 2. The lowest BCUT2D eigenvalue weighted by molar-refractivity contribution is -0.134. The number of likely N-dealkylation sites (tertiary alicyclic amines) is 1. The van der Waals surface area contributed by atoms with E-state index in [4.69, 9.17) is 9.73 Å². The summed E-state index contributed by atoms with van der Waals surface area (Å²) in [6, 6.07) is 15.4. The van der Waals surface area contributed by atoms with Crippen molar-refractivity contribution in [3.05, 3.63) is 65.2 Å². The first-order valence-electron chi connectivity index (χ1n) is 14.4. The van der Waals surface area contributed by atoms with Crippen LogP contribution in [0.4, 0.5) is 0 Å². The SMILES string of the molecule is COC(=O)c1ccc2c(C(=NC3CCC4C(CCN4C(=O)CN4CCN(C)CC4)N3)c3ccccc3)c(O)[nH]c2c1. The van der Waals surface area contributed by atoms with Crippen LogP contribution in [0.3, 0.4) is 0 Å². The minimum atomic E-state index is -0.437. The van der Waals surface area contributed by atoms with Gasteiger partial charge in [0.2, 0.25) is 5.91 Å². The van der Waals surface area contributed by atoms with E-state index in [9.17, 15) is 14.7 Å². The molecule has 0 bridgehead atoms. The molecule has 3 unspecified atom stereocenters. The average molecular weight is 559 g/mol. The fourth-order valence-corrected chi connectivity index (χ4v) is 6.47. The topological polar surface area (TPSA) is 114 Å². The lowest BCUT2D eigenvalue weighted by atomic mass is 9.96. The lowest BCUT2D eigenvalue weighted by Crippen LogP contribution is -2.54. The molecule has 3 aromatic rings. The minimum absolute atomic E-state index is 0.000139. The van der Waals surface area contributed by atoms with Crippen molar-refractivity contribution in [2.75, 3.05) is 53.4 Å². The van der Waals surface area contributed by atoms with Crippen LogP contribution in [0, 0.1) is 0 Å². The molecule has 3 aliphatic rings. The third kappa shape index (κ3) is 5.59. The molecule has 10 heteroatoms. The van der Waals surface area contributed by atoms with E-state index in [2.05, 4.69) is 32.0 Å². The van der Waals surface area contributed by atoms with Gasteiger partial charge in [-0.1, -0.05) is 36.4 Å². The molecular weight excluding hydrogens is 520 g/mol. The Bertz CT molecular complexity index is 1450. The Morgan fingerprint density at radius 2 is 1.78 bits per heavy atom. The largest absolute Gasteiger partial charge is 0.494 e. The second-order valence-corrected chi connectivity index (χ2v) is 11.3. The molecule has 2 aromatic carbocycles. The summed E-state index contributed by atoms with van der Waals surface area (Å²) in [5, 5.41) is 15.5. The smallest absolute Gasteiger partial charge is 0.337 e. The fourth-order valence-electron chi connectivity index (χ4n) is 6.47. The number of hydrogen-bond donors (Lipinski definition) is 3. The van der Waals surface area contributed by atoms with Gasteiger partial charge in [-0.2, -0.15) is 0 Å². The van der Waals surface area contributed by atoms with Crippen LogP contribution in [-0.2, 0) is 9.53 Å². The summed E-state index contributed by atoms with van der Waals surface area (Å²) < 4.78 is 4.86. The molecule has 0 radical (unpaired) electrons. The van der Waals surface area contributed by atoms with Crippen molar-refractivity contribution in [3.63, 3.8) is 0 Å². The van der Waals surface area contributed by atoms with Gasteiger partial charge in [-0.15, -0.1) is 0 Å². The first-order chi connectivity index (χ1) is 19.9. The number of ether oxygens (including phenoxy) is 1. The molecule has 4 heterocycles. The summed E-state index contributed by atoms with van der Waals surface area (Å²) >= 11 is 0. The van der Waals surface area contributed by atoms with Crippen LogP contribution < -0.4 is 5.32 Å². The van der Waals surface area contributed by atoms with E-state index in [0.717, 1.165) is 62.9 Å². The Labute approximate surface area is 240 Å². The Kier molecular flexibility index (Phi) is 7.79. The van der Waals surface area contributed by atoms with Gasteiger partial charge in [0.05, 0.1) is 30.5 Å². The first-order valence-corrected chi connectivity index (χ1v) is 14.4. The standard InChI is InChI=1S/C31H38N6O4/c1-35-14-16-36(17-15-35)19-27(38)37-13-12-23-25(37)10-11-26(32-23)34-29(20-6-4-3-5-7-20)28-22-9-8-21(31(40)41-2)18-24(22)33-30(28)39/h3-9,18,23,25-26,32-33,39H,10-17,19H2,1-2H3. The number of likely N-dealkylation sites (N-methyl/N-ethyl adjacent to an activating group) is 1. The van der Waals surface area contributed by atoms with Crippen LogP contribution in [0.15, 0.2) is 53.5 Å². The van der Waals surface area contributed by atoms with E-state index in [-0.39, 0.29) is 30.0 Å². The number of nitrogens with zero attached hydrogens (tertiary/aromatic N) is 4. The Morgan fingerprint density at radius 1 is 1.00 bits per heavy atom. The van der Waals surface area contributed by atoms with Crippen molar-refractivity contribution in [1.29, 1.82) is 0 Å². The molecule has 0 aliphatic carbocycles. The van der Waals surface area contributed by atoms with Crippen LogP contribution in [0.2, 0.25) is 0 Å². The van der Waals surface area contributed by atoms with E-state index in [1.54, 1.807) is 12.1 Å². The van der Waals surface area contributed by atoms with Gasteiger partial charge in [0.1, 0.15) is 6.17 Å². The summed E-state index contributed by atoms with van der Waals surface area (Å²) in [4.78, 5) is 40.2. The summed E-state index contributed by atoms with van der Waals surface area (Å²) in [6.45, 7) is 5.14. The van der Waals surface area contributed by atoms with Gasteiger partial charge < -0.3 is 24.6 Å². The second kappa shape index (κ2) is 11.6. The quantitative estimate of drug-likeness (QED) is 0.315. The molecule has 216 valence electrons. The zero-order valence-corrected chi connectivity index (χ0v) is 23.7. The number of amides is 1. The zero-order chi connectivity index (χ0) is 28.5. The van der Waals surface area contributed by atoms with E-state index < -0.39 is 5.97 Å². The molecule has 3 N–H and O–H groups in total. The number of aromatic nitrogens is 1. The van der Waals surface area contributed by atoms with Crippen LogP contribution in [0.1, 0.15) is 40.7 Å². The molecule has 0 spiro atoms. The molecule has 41 heavy (non-hydrogen) atoms. The fraction of sp³-hybridized carbons (Fsp3) is 0.452. The monoisotopic (exact) mass is 558 g/mol. The summed E-state index contributed by atoms with van der Waals surface area (Å²) in [6.07, 6.45) is 2.41. The van der Waals surface area contributed by atoms with Crippen molar-refractivity contribution < 1.29 is 19.4 Å². The number of methoxy groups -OCH3 is 1. The molecular formula is C31H38N6O4. The van der Waals surface area contributed by atoms with Gasteiger partial charge >= 0.3 is 5.97 Å². The van der Waals surface area contributed by atoms with E-state index in [1.165, 1.54) is 7.11 Å². The highest BCUT2D eigenvalue weighted by Gasteiger charge is 2.41. The number of rotatable bonds is 6. The second-order valence-electron chi connectivity index (χ2n) is 11.3. The molecule has 3 atom stereocenters. The third-order valence-corrected chi connectivity index (χ3v) is 8.73. The highest BCUT2D eigenvalue weighted by atomic mass is 16.5. The normalized spacial score (nSPS) is 24.0. The number of H-pyrrole nitrogens is 1. The number of piperidine rings is 1. The number of aromatic amines is 1. The highest BCUT2D eigenvalue weighted by Crippen LogP contribution is 2.33. The van der Waals surface area contributed by atoms with Crippen LogP contribution in [0.5, 0.6) is 5.88 Å². The number of aromatic hydroxyl groups is 1. The number of esters is 1. The molecule has 1 aromatic heterocycles.